The van der Waals surface area contributed by atoms with Crippen LogP contribution in [0.3, 0.4) is 0 Å². The molecule has 1 saturated heterocycles. The van der Waals surface area contributed by atoms with E-state index in [1.807, 2.05) is 48.5 Å². The van der Waals surface area contributed by atoms with Crippen LogP contribution in [0.5, 0.6) is 5.75 Å². The zero-order valence-corrected chi connectivity index (χ0v) is 19.6. The summed E-state index contributed by atoms with van der Waals surface area (Å²) in [6, 6.07) is 25.1. The second kappa shape index (κ2) is 13.1. The van der Waals surface area contributed by atoms with Crippen LogP contribution in [-0.2, 0) is 22.5 Å². The summed E-state index contributed by atoms with van der Waals surface area (Å²) in [7, 11) is 0. The Morgan fingerprint density at radius 2 is 1.76 bits per heavy atom. The number of hydrogen-bond acceptors (Lipinski definition) is 3. The van der Waals surface area contributed by atoms with Crippen LogP contribution in [0.25, 0.3) is 5.57 Å². The number of benzene rings is 3. The second-order valence-electron chi connectivity index (χ2n) is 8.60. The van der Waals surface area contributed by atoms with Crippen molar-refractivity contribution in [1.29, 1.82) is 0 Å². The number of ether oxygens (including phenoxy) is 3. The summed E-state index contributed by atoms with van der Waals surface area (Å²) in [5.41, 5.74) is 4.34. The Labute approximate surface area is 202 Å². The van der Waals surface area contributed by atoms with Crippen LogP contribution in [0, 0.1) is 5.82 Å². The van der Waals surface area contributed by atoms with Crippen LogP contribution in [-0.4, -0.2) is 19.5 Å². The van der Waals surface area contributed by atoms with Crippen molar-refractivity contribution in [2.24, 2.45) is 0 Å². The molecule has 0 aliphatic carbocycles. The Morgan fingerprint density at radius 3 is 2.53 bits per heavy atom. The van der Waals surface area contributed by atoms with Gasteiger partial charge in [-0.2, -0.15) is 0 Å². The summed E-state index contributed by atoms with van der Waals surface area (Å²) in [6.45, 7) is 1.91. The molecule has 1 aliphatic rings. The maximum Gasteiger partial charge on any atom is 0.157 e. The highest BCUT2D eigenvalue weighted by molar-refractivity contribution is 5.66. The summed E-state index contributed by atoms with van der Waals surface area (Å²) in [5.74, 6) is 0.462. The van der Waals surface area contributed by atoms with Gasteiger partial charge in [0.25, 0.3) is 0 Å². The lowest BCUT2D eigenvalue weighted by Crippen LogP contribution is -2.22. The Hall–Kier alpha value is -2.95. The Kier molecular flexibility index (Phi) is 9.30. The molecule has 0 N–H and O–H groups in total. The van der Waals surface area contributed by atoms with Crippen molar-refractivity contribution in [2.45, 2.75) is 51.4 Å². The maximum atomic E-state index is 14.1. The van der Waals surface area contributed by atoms with Crippen molar-refractivity contribution >= 4 is 5.57 Å². The number of halogens is 1. The molecule has 0 spiro atoms. The van der Waals surface area contributed by atoms with E-state index in [4.69, 9.17) is 14.2 Å². The summed E-state index contributed by atoms with van der Waals surface area (Å²) in [5, 5.41) is 0. The monoisotopic (exact) mass is 460 g/mol. The highest BCUT2D eigenvalue weighted by Gasteiger charge is 2.14. The number of rotatable bonds is 11. The quantitative estimate of drug-likeness (QED) is 0.280. The van der Waals surface area contributed by atoms with Gasteiger partial charge in [-0.15, -0.1) is 0 Å². The molecule has 1 fully saturated rings. The van der Waals surface area contributed by atoms with Crippen molar-refractivity contribution < 1.29 is 18.6 Å². The van der Waals surface area contributed by atoms with Gasteiger partial charge in [0.15, 0.2) is 6.29 Å². The predicted octanol–water partition coefficient (Wildman–Crippen LogP) is 7.35. The topological polar surface area (TPSA) is 27.7 Å². The molecule has 1 heterocycles. The lowest BCUT2D eigenvalue weighted by molar-refractivity contribution is -0.162. The van der Waals surface area contributed by atoms with Gasteiger partial charge in [0.05, 0.1) is 6.61 Å². The van der Waals surface area contributed by atoms with E-state index in [1.165, 1.54) is 23.6 Å². The minimum atomic E-state index is -0.252. The average Bonchev–Trinajstić information content (AvgIpc) is 2.89. The van der Waals surface area contributed by atoms with E-state index in [0.29, 0.717) is 25.4 Å². The van der Waals surface area contributed by atoms with Crippen molar-refractivity contribution in [3.05, 3.63) is 107 Å². The Morgan fingerprint density at radius 1 is 0.971 bits per heavy atom. The highest BCUT2D eigenvalue weighted by Crippen LogP contribution is 2.26. The molecule has 34 heavy (non-hydrogen) atoms. The highest BCUT2D eigenvalue weighted by atomic mass is 19.1. The predicted molar refractivity (Wildman–Crippen MR) is 134 cm³/mol. The molecule has 1 aliphatic heterocycles. The van der Waals surface area contributed by atoms with Gasteiger partial charge in [-0.05, 0) is 73.4 Å². The van der Waals surface area contributed by atoms with Crippen molar-refractivity contribution in [3.8, 4) is 5.75 Å². The molecule has 0 amide bonds. The summed E-state index contributed by atoms with van der Waals surface area (Å²) in [4.78, 5) is 0. The zero-order chi connectivity index (χ0) is 23.4. The molecule has 3 aromatic rings. The standard InChI is InChI=1S/C30H33FO3/c31-28-18-19-29(34-23-24-10-3-1-4-11-24)27(22-28)17-16-26(25-12-5-2-6-13-25)14-9-21-33-30-15-7-8-20-32-30/h1-6,10-13,16,18-19,22,30H,7-9,14-15,17,20-21,23H2. The third-order valence-corrected chi connectivity index (χ3v) is 6.00. The molecular weight excluding hydrogens is 427 g/mol. The molecule has 4 rings (SSSR count). The normalized spacial score (nSPS) is 16.4. The summed E-state index contributed by atoms with van der Waals surface area (Å²) in [6.07, 6.45) is 7.78. The van der Waals surface area contributed by atoms with Gasteiger partial charge < -0.3 is 14.2 Å². The van der Waals surface area contributed by atoms with E-state index >= 15 is 0 Å². The molecule has 3 nitrogen and oxygen atoms in total. The second-order valence-corrected chi connectivity index (χ2v) is 8.60. The minimum absolute atomic E-state index is 0.0606. The van der Waals surface area contributed by atoms with Crippen molar-refractivity contribution in [3.63, 3.8) is 0 Å². The molecule has 1 atom stereocenters. The van der Waals surface area contributed by atoms with Gasteiger partial charge in [-0.25, -0.2) is 4.39 Å². The number of allylic oxidation sites excluding steroid dienone is 2. The first-order valence-corrected chi connectivity index (χ1v) is 12.2. The van der Waals surface area contributed by atoms with E-state index in [2.05, 4.69) is 18.2 Å². The summed E-state index contributed by atoms with van der Waals surface area (Å²) < 4.78 is 31.7. The van der Waals surface area contributed by atoms with Crippen LogP contribution in [0.2, 0.25) is 0 Å². The lowest BCUT2D eigenvalue weighted by atomic mass is 9.98. The first-order chi connectivity index (χ1) is 16.8. The third-order valence-electron chi connectivity index (χ3n) is 6.00. The average molecular weight is 461 g/mol. The number of hydrogen-bond donors (Lipinski definition) is 0. The van der Waals surface area contributed by atoms with Crippen LogP contribution in [0.4, 0.5) is 4.39 Å². The largest absolute Gasteiger partial charge is 0.489 e. The van der Waals surface area contributed by atoms with E-state index < -0.39 is 0 Å². The van der Waals surface area contributed by atoms with Crippen molar-refractivity contribution in [2.75, 3.05) is 13.2 Å². The minimum Gasteiger partial charge on any atom is -0.489 e. The SMILES string of the molecule is Fc1ccc(OCc2ccccc2)c(CC=C(CCCOC2CCCCO2)c2ccccc2)c1. The fourth-order valence-corrected chi connectivity index (χ4v) is 4.15. The molecule has 3 aromatic carbocycles. The van der Waals surface area contributed by atoms with E-state index in [9.17, 15) is 4.39 Å². The van der Waals surface area contributed by atoms with Gasteiger partial charge in [0.2, 0.25) is 0 Å². The molecule has 1 unspecified atom stereocenters. The van der Waals surface area contributed by atoms with Gasteiger partial charge in [0, 0.05) is 12.2 Å². The molecule has 0 saturated carbocycles. The van der Waals surface area contributed by atoms with Crippen LogP contribution < -0.4 is 4.74 Å². The van der Waals surface area contributed by atoms with E-state index in [-0.39, 0.29) is 12.1 Å². The molecule has 0 aromatic heterocycles. The fraction of sp³-hybridized carbons (Fsp3) is 0.333. The van der Waals surface area contributed by atoms with Crippen LogP contribution >= 0.6 is 0 Å². The summed E-state index contributed by atoms with van der Waals surface area (Å²) >= 11 is 0. The van der Waals surface area contributed by atoms with Gasteiger partial charge in [0.1, 0.15) is 18.2 Å². The molecular formula is C30H33FO3. The molecule has 0 radical (unpaired) electrons. The molecule has 0 bridgehead atoms. The smallest absolute Gasteiger partial charge is 0.157 e. The van der Waals surface area contributed by atoms with Gasteiger partial charge in [-0.1, -0.05) is 66.7 Å². The fourth-order valence-electron chi connectivity index (χ4n) is 4.15. The van der Waals surface area contributed by atoms with Crippen molar-refractivity contribution in [1.82, 2.24) is 0 Å². The Balaban J connectivity index is 1.42. The maximum absolute atomic E-state index is 14.1. The van der Waals surface area contributed by atoms with Crippen LogP contribution in [0.1, 0.15) is 48.8 Å². The first-order valence-electron chi connectivity index (χ1n) is 12.2. The molecule has 4 heteroatoms. The van der Waals surface area contributed by atoms with Gasteiger partial charge >= 0.3 is 0 Å². The third kappa shape index (κ3) is 7.54. The Bertz CT molecular complexity index is 1030. The first kappa shape index (κ1) is 24.2. The van der Waals surface area contributed by atoms with Crippen LogP contribution in [0.15, 0.2) is 84.9 Å². The van der Waals surface area contributed by atoms with E-state index in [1.54, 1.807) is 12.1 Å². The molecule has 178 valence electrons. The van der Waals surface area contributed by atoms with E-state index in [0.717, 1.165) is 43.4 Å². The zero-order valence-electron chi connectivity index (χ0n) is 19.6. The lowest BCUT2D eigenvalue weighted by Gasteiger charge is -2.22. The van der Waals surface area contributed by atoms with Gasteiger partial charge in [-0.3, -0.25) is 0 Å².